The van der Waals surface area contributed by atoms with Crippen LogP contribution in [0.4, 0.5) is 10.1 Å². The number of halogens is 1. The van der Waals surface area contributed by atoms with Crippen LogP contribution in [0.3, 0.4) is 0 Å². The van der Waals surface area contributed by atoms with E-state index in [9.17, 15) is 12.8 Å². The molecular formula is C19H20FN3O4S. The zero-order valence-electron chi connectivity index (χ0n) is 15.9. The van der Waals surface area contributed by atoms with Crippen molar-refractivity contribution in [2.75, 3.05) is 18.9 Å². The summed E-state index contributed by atoms with van der Waals surface area (Å²) >= 11 is 0. The van der Waals surface area contributed by atoms with Crippen molar-refractivity contribution >= 4 is 15.7 Å². The van der Waals surface area contributed by atoms with Crippen molar-refractivity contribution in [3.05, 3.63) is 59.7 Å². The molecule has 3 aromatic rings. The van der Waals surface area contributed by atoms with Gasteiger partial charge in [-0.15, -0.1) is 0 Å². The second-order valence-electron chi connectivity index (χ2n) is 6.06. The van der Waals surface area contributed by atoms with Crippen LogP contribution in [0.25, 0.3) is 5.69 Å². The molecule has 0 fully saturated rings. The Morgan fingerprint density at radius 1 is 1.00 bits per heavy atom. The number of hydrogen-bond acceptors (Lipinski definition) is 5. The van der Waals surface area contributed by atoms with Crippen LogP contribution in [0.15, 0.2) is 47.4 Å². The van der Waals surface area contributed by atoms with Crippen molar-refractivity contribution in [3.8, 4) is 17.2 Å². The Bertz CT molecular complexity index is 1110. The van der Waals surface area contributed by atoms with Crippen molar-refractivity contribution in [1.29, 1.82) is 0 Å². The molecule has 1 aromatic heterocycles. The Balaban J connectivity index is 2.00. The van der Waals surface area contributed by atoms with Gasteiger partial charge in [0.2, 0.25) is 0 Å². The second kappa shape index (κ2) is 7.51. The standard InChI is InChI=1S/C19H20FN3O4S/c1-12-19(13(2)23(21-12)16-8-5-14(20)6-9-16)28(24,25)22-15-7-10-17(26-3)18(11-15)27-4/h5-11,22H,1-4H3. The Morgan fingerprint density at radius 3 is 2.25 bits per heavy atom. The highest BCUT2D eigenvalue weighted by molar-refractivity contribution is 7.92. The number of sulfonamides is 1. The van der Waals surface area contributed by atoms with Crippen molar-refractivity contribution in [3.63, 3.8) is 0 Å². The van der Waals surface area contributed by atoms with Gasteiger partial charge >= 0.3 is 0 Å². The van der Waals surface area contributed by atoms with Crippen molar-refractivity contribution in [2.45, 2.75) is 18.7 Å². The SMILES string of the molecule is COc1ccc(NS(=O)(=O)c2c(C)nn(-c3ccc(F)cc3)c2C)cc1OC. The molecule has 0 bridgehead atoms. The summed E-state index contributed by atoms with van der Waals surface area (Å²) in [6, 6.07) is 10.4. The topological polar surface area (TPSA) is 82.5 Å². The van der Waals surface area contributed by atoms with E-state index in [0.29, 0.717) is 34.3 Å². The monoisotopic (exact) mass is 405 g/mol. The molecule has 28 heavy (non-hydrogen) atoms. The summed E-state index contributed by atoms with van der Waals surface area (Å²) in [7, 11) is -0.951. The average Bonchev–Trinajstić information content (AvgIpc) is 2.96. The third kappa shape index (κ3) is 3.65. The summed E-state index contributed by atoms with van der Waals surface area (Å²) in [4.78, 5) is 0.0617. The van der Waals surface area contributed by atoms with Gasteiger partial charge in [-0.3, -0.25) is 4.72 Å². The number of aryl methyl sites for hydroxylation is 1. The fraction of sp³-hybridized carbons (Fsp3) is 0.211. The van der Waals surface area contributed by atoms with E-state index < -0.39 is 10.0 Å². The predicted molar refractivity (Wildman–Crippen MR) is 103 cm³/mol. The third-order valence-corrected chi connectivity index (χ3v) is 5.83. The van der Waals surface area contributed by atoms with Crippen LogP contribution < -0.4 is 14.2 Å². The normalized spacial score (nSPS) is 11.3. The van der Waals surface area contributed by atoms with Gasteiger partial charge in [0.05, 0.1) is 37.0 Å². The van der Waals surface area contributed by atoms with E-state index in [1.807, 2.05) is 0 Å². The maximum absolute atomic E-state index is 13.2. The number of methoxy groups -OCH3 is 2. The molecule has 0 aliphatic rings. The van der Waals surface area contributed by atoms with Crippen LogP contribution in [0.1, 0.15) is 11.4 Å². The lowest BCUT2D eigenvalue weighted by atomic mass is 10.3. The lowest BCUT2D eigenvalue weighted by Crippen LogP contribution is -2.15. The molecule has 0 unspecified atom stereocenters. The van der Waals surface area contributed by atoms with E-state index in [1.54, 1.807) is 26.0 Å². The van der Waals surface area contributed by atoms with Crippen LogP contribution in [0.2, 0.25) is 0 Å². The number of nitrogens with zero attached hydrogens (tertiary/aromatic N) is 2. The number of benzene rings is 2. The largest absolute Gasteiger partial charge is 0.493 e. The first kappa shape index (κ1) is 19.7. The molecule has 0 saturated heterocycles. The first-order chi connectivity index (χ1) is 13.3. The van der Waals surface area contributed by atoms with Gasteiger partial charge in [-0.25, -0.2) is 17.5 Å². The summed E-state index contributed by atoms with van der Waals surface area (Å²) in [5.74, 6) is 0.508. The quantitative estimate of drug-likeness (QED) is 0.679. The molecule has 7 nitrogen and oxygen atoms in total. The van der Waals surface area contributed by atoms with Gasteiger partial charge in [0.1, 0.15) is 10.7 Å². The van der Waals surface area contributed by atoms with Gasteiger partial charge in [0.15, 0.2) is 11.5 Å². The lowest BCUT2D eigenvalue weighted by Gasteiger charge is -2.12. The van der Waals surface area contributed by atoms with E-state index in [-0.39, 0.29) is 10.7 Å². The first-order valence-electron chi connectivity index (χ1n) is 8.34. The van der Waals surface area contributed by atoms with Crippen LogP contribution in [-0.4, -0.2) is 32.4 Å². The van der Waals surface area contributed by atoms with Crippen LogP contribution in [-0.2, 0) is 10.0 Å². The summed E-state index contributed by atoms with van der Waals surface area (Å²) in [5.41, 5.74) is 1.63. The maximum atomic E-state index is 13.2. The van der Waals surface area contributed by atoms with E-state index >= 15 is 0 Å². The number of hydrogen-bond donors (Lipinski definition) is 1. The predicted octanol–water partition coefficient (Wildman–Crippen LogP) is 3.45. The summed E-state index contributed by atoms with van der Waals surface area (Å²) < 4.78 is 53.6. The third-order valence-electron chi connectivity index (χ3n) is 4.20. The summed E-state index contributed by atoms with van der Waals surface area (Å²) in [6.07, 6.45) is 0. The van der Waals surface area contributed by atoms with Crippen LogP contribution in [0, 0.1) is 19.7 Å². The van der Waals surface area contributed by atoms with Crippen LogP contribution >= 0.6 is 0 Å². The Labute approximate surface area is 162 Å². The van der Waals surface area contributed by atoms with Crippen molar-refractivity contribution in [2.24, 2.45) is 0 Å². The molecule has 1 N–H and O–H groups in total. The smallest absolute Gasteiger partial charge is 0.265 e. The Hall–Kier alpha value is -3.07. The molecule has 0 amide bonds. The van der Waals surface area contributed by atoms with Gasteiger partial charge in [-0.1, -0.05) is 0 Å². The molecule has 0 radical (unpaired) electrons. The van der Waals surface area contributed by atoms with E-state index in [1.165, 1.54) is 49.2 Å². The molecule has 0 spiro atoms. The Kier molecular flexibility index (Phi) is 5.28. The van der Waals surface area contributed by atoms with Crippen molar-refractivity contribution < 1.29 is 22.3 Å². The second-order valence-corrected chi connectivity index (χ2v) is 7.68. The van der Waals surface area contributed by atoms with Gasteiger partial charge in [0, 0.05) is 6.07 Å². The van der Waals surface area contributed by atoms with Crippen LogP contribution in [0.5, 0.6) is 11.5 Å². The average molecular weight is 405 g/mol. The zero-order valence-corrected chi connectivity index (χ0v) is 16.7. The number of rotatable bonds is 6. The van der Waals surface area contributed by atoms with Gasteiger partial charge in [0.25, 0.3) is 10.0 Å². The molecule has 148 valence electrons. The molecule has 1 heterocycles. The van der Waals surface area contributed by atoms with E-state index in [4.69, 9.17) is 9.47 Å². The number of anilines is 1. The fourth-order valence-electron chi connectivity index (χ4n) is 2.96. The summed E-state index contributed by atoms with van der Waals surface area (Å²) in [6.45, 7) is 3.25. The molecule has 0 atom stereocenters. The maximum Gasteiger partial charge on any atom is 0.265 e. The highest BCUT2D eigenvalue weighted by Gasteiger charge is 2.25. The first-order valence-corrected chi connectivity index (χ1v) is 9.82. The molecule has 2 aromatic carbocycles. The zero-order chi connectivity index (χ0) is 20.5. The van der Waals surface area contributed by atoms with Gasteiger partial charge in [-0.05, 0) is 50.2 Å². The van der Waals surface area contributed by atoms with E-state index in [2.05, 4.69) is 9.82 Å². The van der Waals surface area contributed by atoms with Crippen molar-refractivity contribution in [1.82, 2.24) is 9.78 Å². The molecule has 0 saturated carbocycles. The molecule has 3 rings (SSSR count). The molecule has 0 aliphatic carbocycles. The highest BCUT2D eigenvalue weighted by Crippen LogP contribution is 2.31. The van der Waals surface area contributed by atoms with Gasteiger partial charge < -0.3 is 9.47 Å². The number of ether oxygens (including phenoxy) is 2. The van der Waals surface area contributed by atoms with Gasteiger partial charge in [-0.2, -0.15) is 5.10 Å². The summed E-state index contributed by atoms with van der Waals surface area (Å²) in [5, 5.41) is 4.31. The molecular weight excluding hydrogens is 385 g/mol. The fourth-order valence-corrected chi connectivity index (χ4v) is 4.40. The molecule has 0 aliphatic heterocycles. The molecule has 9 heteroatoms. The Morgan fingerprint density at radius 2 is 1.64 bits per heavy atom. The highest BCUT2D eigenvalue weighted by atomic mass is 32.2. The lowest BCUT2D eigenvalue weighted by molar-refractivity contribution is 0.355. The minimum Gasteiger partial charge on any atom is -0.493 e. The van der Waals surface area contributed by atoms with E-state index in [0.717, 1.165) is 0 Å². The minimum atomic E-state index is -3.92. The minimum absolute atomic E-state index is 0.0617. The number of aromatic nitrogens is 2. The number of nitrogens with one attached hydrogen (secondary N) is 1.